The van der Waals surface area contributed by atoms with Crippen LogP contribution in [-0.2, 0) is 19.1 Å². The molecule has 5 rings (SSSR count). The SMILES string of the molecule is Cc1[nH]c(/C=C2\C(=O)Nc3ccc(C(=O)N[C@H](C)c4ccc(F)cc4)cc32)c(C)c1NC(=O)[C@H]1CCC(=O)O1. The molecule has 1 saturated heterocycles. The second kappa shape index (κ2) is 10.2. The van der Waals surface area contributed by atoms with Gasteiger partial charge in [0.15, 0.2) is 6.10 Å². The highest BCUT2D eigenvalue weighted by Crippen LogP contribution is 2.35. The van der Waals surface area contributed by atoms with Gasteiger partial charge in [0, 0.05) is 41.0 Å². The van der Waals surface area contributed by atoms with Gasteiger partial charge in [-0.15, -0.1) is 0 Å². The summed E-state index contributed by atoms with van der Waals surface area (Å²) in [5.74, 6) is -1.81. The van der Waals surface area contributed by atoms with Crippen LogP contribution < -0.4 is 16.0 Å². The topological polar surface area (TPSA) is 129 Å². The first kappa shape index (κ1) is 25.9. The Labute approximate surface area is 223 Å². The average Bonchev–Trinajstić information content (AvgIpc) is 3.55. The fraction of sp³-hybridized carbons (Fsp3) is 0.241. The van der Waals surface area contributed by atoms with Crippen LogP contribution in [0, 0.1) is 19.7 Å². The minimum Gasteiger partial charge on any atom is -0.452 e. The molecule has 0 saturated carbocycles. The highest BCUT2D eigenvalue weighted by molar-refractivity contribution is 6.35. The lowest BCUT2D eigenvalue weighted by Gasteiger charge is -2.15. The van der Waals surface area contributed by atoms with Gasteiger partial charge in [-0.25, -0.2) is 4.39 Å². The highest BCUT2D eigenvalue weighted by atomic mass is 19.1. The third kappa shape index (κ3) is 5.18. The van der Waals surface area contributed by atoms with Crippen LogP contribution in [0.2, 0.25) is 0 Å². The van der Waals surface area contributed by atoms with Crippen molar-refractivity contribution in [1.82, 2.24) is 10.3 Å². The zero-order valence-corrected chi connectivity index (χ0v) is 21.6. The summed E-state index contributed by atoms with van der Waals surface area (Å²) < 4.78 is 18.3. The van der Waals surface area contributed by atoms with Gasteiger partial charge in [-0.1, -0.05) is 12.1 Å². The summed E-state index contributed by atoms with van der Waals surface area (Å²) in [7, 11) is 0. The molecule has 0 unspecified atom stereocenters. The lowest BCUT2D eigenvalue weighted by molar-refractivity contribution is -0.146. The Morgan fingerprint density at radius 2 is 1.87 bits per heavy atom. The number of carbonyl (C=O) groups excluding carboxylic acids is 4. The molecule has 0 aliphatic carbocycles. The summed E-state index contributed by atoms with van der Waals surface area (Å²) in [6, 6.07) is 10.5. The van der Waals surface area contributed by atoms with Crippen LogP contribution in [0.3, 0.4) is 0 Å². The lowest BCUT2D eigenvalue weighted by atomic mass is 10.0. The number of cyclic esters (lactones) is 1. The molecule has 3 heterocycles. The molecule has 0 radical (unpaired) electrons. The Hall–Kier alpha value is -4.73. The average molecular weight is 531 g/mol. The number of aromatic amines is 1. The zero-order valence-electron chi connectivity index (χ0n) is 21.6. The normalized spacial score (nSPS) is 17.9. The number of rotatable bonds is 6. The Morgan fingerprint density at radius 3 is 2.56 bits per heavy atom. The molecule has 3 amide bonds. The third-order valence-electron chi connectivity index (χ3n) is 6.97. The fourth-order valence-electron chi connectivity index (χ4n) is 4.75. The van der Waals surface area contributed by atoms with Crippen molar-refractivity contribution in [2.24, 2.45) is 0 Å². The largest absolute Gasteiger partial charge is 0.452 e. The van der Waals surface area contributed by atoms with Crippen LogP contribution >= 0.6 is 0 Å². The van der Waals surface area contributed by atoms with E-state index in [9.17, 15) is 23.6 Å². The maximum atomic E-state index is 13.2. The Kier molecular flexibility index (Phi) is 6.78. The van der Waals surface area contributed by atoms with E-state index >= 15 is 0 Å². The second-order valence-corrected chi connectivity index (χ2v) is 9.69. The first-order valence-electron chi connectivity index (χ1n) is 12.5. The summed E-state index contributed by atoms with van der Waals surface area (Å²) in [4.78, 5) is 53.0. The first-order chi connectivity index (χ1) is 18.6. The number of fused-ring (bicyclic) bond motifs is 1. The minimum atomic E-state index is -0.823. The molecule has 2 aliphatic heterocycles. The van der Waals surface area contributed by atoms with Crippen molar-refractivity contribution in [1.29, 1.82) is 0 Å². The van der Waals surface area contributed by atoms with E-state index in [1.165, 1.54) is 12.1 Å². The van der Waals surface area contributed by atoms with Crippen molar-refractivity contribution in [3.8, 4) is 0 Å². The molecule has 10 heteroatoms. The van der Waals surface area contributed by atoms with Crippen LogP contribution in [0.1, 0.15) is 64.2 Å². The quantitative estimate of drug-likeness (QED) is 0.277. The maximum absolute atomic E-state index is 13.2. The second-order valence-electron chi connectivity index (χ2n) is 9.69. The van der Waals surface area contributed by atoms with Crippen molar-refractivity contribution in [3.05, 3.63) is 81.9 Å². The summed E-state index contributed by atoms with van der Waals surface area (Å²) in [6.07, 6.45) is 1.40. The molecular formula is C29H27FN4O5. The van der Waals surface area contributed by atoms with Crippen LogP contribution in [0.4, 0.5) is 15.8 Å². The first-order valence-corrected chi connectivity index (χ1v) is 12.5. The predicted molar refractivity (Wildman–Crippen MR) is 143 cm³/mol. The lowest BCUT2D eigenvalue weighted by Crippen LogP contribution is -2.27. The van der Waals surface area contributed by atoms with E-state index < -0.39 is 18.0 Å². The van der Waals surface area contributed by atoms with Crippen LogP contribution in [-0.4, -0.2) is 34.8 Å². The van der Waals surface area contributed by atoms with Crippen LogP contribution in [0.25, 0.3) is 11.6 Å². The van der Waals surface area contributed by atoms with Crippen molar-refractivity contribution in [2.45, 2.75) is 45.8 Å². The molecule has 1 fully saturated rings. The van der Waals surface area contributed by atoms with E-state index in [-0.39, 0.29) is 30.1 Å². The van der Waals surface area contributed by atoms with Gasteiger partial charge in [0.2, 0.25) is 0 Å². The monoisotopic (exact) mass is 530 g/mol. The number of anilines is 2. The molecule has 0 spiro atoms. The summed E-state index contributed by atoms with van der Waals surface area (Å²) in [5, 5.41) is 8.54. The summed E-state index contributed by atoms with van der Waals surface area (Å²) >= 11 is 0. The number of hydrogen-bond acceptors (Lipinski definition) is 5. The molecule has 9 nitrogen and oxygen atoms in total. The van der Waals surface area contributed by atoms with Gasteiger partial charge < -0.3 is 25.7 Å². The number of hydrogen-bond donors (Lipinski definition) is 4. The molecular weight excluding hydrogens is 503 g/mol. The van der Waals surface area contributed by atoms with Gasteiger partial charge in [0.25, 0.3) is 17.7 Å². The number of aromatic nitrogens is 1. The Bertz CT molecular complexity index is 1540. The number of amides is 3. The molecule has 1 aromatic heterocycles. The van der Waals surface area contributed by atoms with E-state index in [2.05, 4.69) is 20.9 Å². The number of H-pyrrole nitrogens is 1. The highest BCUT2D eigenvalue weighted by Gasteiger charge is 2.31. The van der Waals surface area contributed by atoms with Crippen molar-refractivity contribution in [2.75, 3.05) is 10.6 Å². The van der Waals surface area contributed by atoms with E-state index in [1.54, 1.807) is 57.2 Å². The number of esters is 1. The molecule has 4 N–H and O–H groups in total. The van der Waals surface area contributed by atoms with E-state index in [0.717, 1.165) is 5.56 Å². The van der Waals surface area contributed by atoms with Gasteiger partial charge in [-0.05, 0) is 68.3 Å². The van der Waals surface area contributed by atoms with Crippen molar-refractivity contribution >= 4 is 46.7 Å². The van der Waals surface area contributed by atoms with Gasteiger partial charge in [0.05, 0.1) is 17.3 Å². The Balaban J connectivity index is 1.38. The van der Waals surface area contributed by atoms with Gasteiger partial charge in [0.1, 0.15) is 5.82 Å². The molecule has 2 aliphatic rings. The summed E-state index contributed by atoms with van der Waals surface area (Å²) in [5.41, 5.74) is 5.18. The molecule has 3 aromatic rings. The molecule has 2 aromatic carbocycles. The third-order valence-corrected chi connectivity index (χ3v) is 6.97. The predicted octanol–water partition coefficient (Wildman–Crippen LogP) is 4.40. The number of aryl methyl sites for hydroxylation is 1. The van der Waals surface area contributed by atoms with Crippen molar-refractivity contribution < 1.29 is 28.3 Å². The zero-order chi connectivity index (χ0) is 27.8. The maximum Gasteiger partial charge on any atom is 0.306 e. The van der Waals surface area contributed by atoms with E-state index in [0.29, 0.717) is 51.4 Å². The number of benzene rings is 2. The van der Waals surface area contributed by atoms with Crippen LogP contribution in [0.15, 0.2) is 42.5 Å². The van der Waals surface area contributed by atoms with Gasteiger partial charge >= 0.3 is 5.97 Å². The molecule has 2 atom stereocenters. The number of halogens is 1. The van der Waals surface area contributed by atoms with E-state index in [1.807, 2.05) is 0 Å². The Morgan fingerprint density at radius 1 is 1.13 bits per heavy atom. The van der Waals surface area contributed by atoms with Crippen molar-refractivity contribution in [3.63, 3.8) is 0 Å². The van der Waals surface area contributed by atoms with Crippen LogP contribution in [0.5, 0.6) is 0 Å². The number of carbonyl (C=O) groups is 4. The smallest absolute Gasteiger partial charge is 0.306 e. The minimum absolute atomic E-state index is 0.209. The number of ether oxygens (including phenoxy) is 1. The molecule has 0 bridgehead atoms. The van der Waals surface area contributed by atoms with Gasteiger partial charge in [-0.3, -0.25) is 19.2 Å². The molecule has 39 heavy (non-hydrogen) atoms. The standard InChI is InChI=1S/C29H27FN4O5/c1-14-23(31-16(3)26(14)34-29(38)24-10-11-25(35)39-24)13-21-20-12-18(6-9-22(20)33-28(21)37)27(36)32-15(2)17-4-7-19(30)8-5-17/h4-9,12-13,15,24,31H,10-11H2,1-3H3,(H,32,36)(H,33,37)(H,34,38)/b21-13-/t15-,24-/m1/s1. The fourth-order valence-corrected chi connectivity index (χ4v) is 4.75. The summed E-state index contributed by atoms with van der Waals surface area (Å²) in [6.45, 7) is 5.40. The molecule has 200 valence electrons. The number of nitrogens with one attached hydrogen (secondary N) is 4. The van der Waals surface area contributed by atoms with Gasteiger partial charge in [-0.2, -0.15) is 0 Å². The van der Waals surface area contributed by atoms with E-state index in [4.69, 9.17) is 4.74 Å².